The number of morpholine rings is 1. The van der Waals surface area contributed by atoms with Crippen LogP contribution in [0, 0.1) is 5.92 Å². The van der Waals surface area contributed by atoms with Gasteiger partial charge in [-0.2, -0.15) is 0 Å². The molecule has 3 rings (SSSR count). The highest BCUT2D eigenvalue weighted by molar-refractivity contribution is 14.0. The fourth-order valence-electron chi connectivity index (χ4n) is 4.24. The number of ether oxygens (including phenoxy) is 3. The highest BCUT2D eigenvalue weighted by Crippen LogP contribution is 2.32. The van der Waals surface area contributed by atoms with Gasteiger partial charge >= 0.3 is 0 Å². The second-order valence-electron chi connectivity index (χ2n) is 8.29. The van der Waals surface area contributed by atoms with E-state index in [9.17, 15) is 0 Å². The molecule has 7 nitrogen and oxygen atoms in total. The number of nitrogens with one attached hydrogen (secondary N) is 1. The third-order valence-electron chi connectivity index (χ3n) is 5.89. The molecular formula is C23H39IN4O3. The van der Waals surface area contributed by atoms with Crippen LogP contribution in [0.1, 0.15) is 31.7 Å². The molecule has 0 radical (unpaired) electrons. The van der Waals surface area contributed by atoms with Crippen LogP contribution in [0.2, 0.25) is 0 Å². The van der Waals surface area contributed by atoms with Gasteiger partial charge in [0.25, 0.3) is 0 Å². The number of guanidine groups is 1. The zero-order valence-corrected chi connectivity index (χ0v) is 21.8. The maximum atomic E-state index is 5.46. The molecule has 2 fully saturated rings. The number of methoxy groups -OCH3 is 2. The van der Waals surface area contributed by atoms with Crippen molar-refractivity contribution in [1.29, 1.82) is 0 Å². The summed E-state index contributed by atoms with van der Waals surface area (Å²) >= 11 is 0. The summed E-state index contributed by atoms with van der Waals surface area (Å²) in [6.45, 7) is 13.0. The van der Waals surface area contributed by atoms with Gasteiger partial charge in [-0.1, -0.05) is 6.92 Å². The zero-order valence-electron chi connectivity index (χ0n) is 19.4. The van der Waals surface area contributed by atoms with Crippen molar-refractivity contribution in [3.63, 3.8) is 0 Å². The number of nitrogens with zero attached hydrogens (tertiary/aromatic N) is 3. The monoisotopic (exact) mass is 546 g/mol. The van der Waals surface area contributed by atoms with Crippen molar-refractivity contribution in [3.05, 3.63) is 23.8 Å². The summed E-state index contributed by atoms with van der Waals surface area (Å²) in [6.07, 6.45) is 1.10. The standard InChI is InChI=1S/C23H38N4O3.HI/c1-5-24-23(25-15-18(2)16-26-8-10-30-11-9-26)27-7-6-19(17-27)20-12-21(28-3)14-22(13-20)29-4;/h12-14,18-19H,5-11,15-17H2,1-4H3,(H,24,25);1H. The van der Waals surface area contributed by atoms with Gasteiger partial charge in [0.15, 0.2) is 5.96 Å². The van der Waals surface area contributed by atoms with E-state index in [1.165, 1.54) is 5.56 Å². The summed E-state index contributed by atoms with van der Waals surface area (Å²) in [5, 5.41) is 3.49. The second-order valence-corrected chi connectivity index (χ2v) is 8.29. The molecule has 0 aromatic heterocycles. The SMILES string of the molecule is CCNC(=NCC(C)CN1CCOCC1)N1CCC(c2cc(OC)cc(OC)c2)C1.I. The van der Waals surface area contributed by atoms with Gasteiger partial charge in [-0.15, -0.1) is 24.0 Å². The number of hydrogen-bond donors (Lipinski definition) is 1. The maximum absolute atomic E-state index is 5.46. The number of rotatable bonds is 8. The lowest BCUT2D eigenvalue weighted by molar-refractivity contribution is 0.0323. The highest BCUT2D eigenvalue weighted by atomic mass is 127. The molecule has 0 spiro atoms. The van der Waals surface area contributed by atoms with Crippen molar-refractivity contribution in [2.45, 2.75) is 26.2 Å². The van der Waals surface area contributed by atoms with Gasteiger partial charge in [0.05, 0.1) is 27.4 Å². The quantitative estimate of drug-likeness (QED) is 0.308. The first-order valence-corrected chi connectivity index (χ1v) is 11.2. The van der Waals surface area contributed by atoms with E-state index in [0.717, 1.165) is 82.9 Å². The Hall–Kier alpha value is -1.26. The number of benzene rings is 1. The minimum Gasteiger partial charge on any atom is -0.497 e. The third kappa shape index (κ3) is 7.68. The number of likely N-dealkylation sites (tertiary alicyclic amines) is 1. The molecule has 0 saturated carbocycles. The number of aliphatic imine (C=N–C) groups is 1. The smallest absolute Gasteiger partial charge is 0.193 e. The Kier molecular flexibility index (Phi) is 11.2. The van der Waals surface area contributed by atoms with Crippen molar-refractivity contribution in [2.24, 2.45) is 10.9 Å². The molecule has 2 heterocycles. The molecule has 8 heteroatoms. The van der Waals surface area contributed by atoms with Crippen molar-refractivity contribution in [2.75, 3.05) is 73.2 Å². The van der Waals surface area contributed by atoms with Crippen LogP contribution < -0.4 is 14.8 Å². The Morgan fingerprint density at radius 2 is 1.84 bits per heavy atom. The lowest BCUT2D eigenvalue weighted by atomic mass is 9.98. The molecule has 2 saturated heterocycles. The Labute approximate surface area is 204 Å². The van der Waals surface area contributed by atoms with Crippen molar-refractivity contribution >= 4 is 29.9 Å². The van der Waals surface area contributed by atoms with Gasteiger partial charge in [-0.05, 0) is 37.0 Å². The normalized spacial score (nSPS) is 20.8. The molecule has 0 amide bonds. The van der Waals surface area contributed by atoms with Gasteiger partial charge in [0.2, 0.25) is 0 Å². The predicted octanol–water partition coefficient (Wildman–Crippen LogP) is 3.04. The minimum atomic E-state index is 0. The average Bonchev–Trinajstić information content (AvgIpc) is 3.27. The largest absolute Gasteiger partial charge is 0.497 e. The van der Waals surface area contributed by atoms with Crippen LogP contribution in [0.5, 0.6) is 11.5 Å². The van der Waals surface area contributed by atoms with E-state index in [-0.39, 0.29) is 24.0 Å². The highest BCUT2D eigenvalue weighted by Gasteiger charge is 2.27. The van der Waals surface area contributed by atoms with Gasteiger partial charge < -0.3 is 24.4 Å². The summed E-state index contributed by atoms with van der Waals surface area (Å²) in [5.74, 6) is 3.70. The van der Waals surface area contributed by atoms with Crippen LogP contribution in [0.25, 0.3) is 0 Å². The lowest BCUT2D eigenvalue weighted by Crippen LogP contribution is -2.41. The van der Waals surface area contributed by atoms with E-state index >= 15 is 0 Å². The van der Waals surface area contributed by atoms with Crippen LogP contribution in [0.4, 0.5) is 0 Å². The molecule has 2 aliphatic heterocycles. The summed E-state index contributed by atoms with van der Waals surface area (Å²) in [5.41, 5.74) is 1.27. The summed E-state index contributed by atoms with van der Waals surface area (Å²) in [6, 6.07) is 6.19. The van der Waals surface area contributed by atoms with Gasteiger partial charge in [0, 0.05) is 57.8 Å². The Bertz CT molecular complexity index is 675. The predicted molar refractivity (Wildman–Crippen MR) is 136 cm³/mol. The second kappa shape index (κ2) is 13.3. The third-order valence-corrected chi connectivity index (χ3v) is 5.89. The van der Waals surface area contributed by atoms with Crippen LogP contribution in [-0.2, 0) is 4.74 Å². The Balaban J connectivity index is 0.00000341. The average molecular weight is 546 g/mol. The molecule has 2 atom stereocenters. The first kappa shape index (κ1) is 26.0. The van der Waals surface area contributed by atoms with E-state index in [1.54, 1.807) is 14.2 Å². The summed E-state index contributed by atoms with van der Waals surface area (Å²) in [7, 11) is 3.40. The summed E-state index contributed by atoms with van der Waals surface area (Å²) < 4.78 is 16.4. The first-order chi connectivity index (χ1) is 14.6. The van der Waals surface area contributed by atoms with Gasteiger partial charge in [-0.25, -0.2) is 0 Å². The molecule has 0 aliphatic carbocycles. The molecule has 1 N–H and O–H groups in total. The zero-order chi connectivity index (χ0) is 21.3. The molecule has 1 aromatic rings. The molecule has 2 aliphatic rings. The molecule has 31 heavy (non-hydrogen) atoms. The van der Waals surface area contributed by atoms with E-state index < -0.39 is 0 Å². The van der Waals surface area contributed by atoms with Crippen molar-refractivity contribution in [3.8, 4) is 11.5 Å². The fraction of sp³-hybridized carbons (Fsp3) is 0.696. The van der Waals surface area contributed by atoms with Crippen molar-refractivity contribution < 1.29 is 14.2 Å². The number of hydrogen-bond acceptors (Lipinski definition) is 5. The van der Waals surface area contributed by atoms with Crippen LogP contribution in [0.15, 0.2) is 23.2 Å². The molecule has 2 unspecified atom stereocenters. The summed E-state index contributed by atoms with van der Waals surface area (Å²) in [4.78, 5) is 9.86. The fourth-order valence-corrected chi connectivity index (χ4v) is 4.24. The van der Waals surface area contributed by atoms with Crippen LogP contribution in [0.3, 0.4) is 0 Å². The number of halogens is 1. The van der Waals surface area contributed by atoms with E-state index in [2.05, 4.69) is 41.1 Å². The Morgan fingerprint density at radius 3 is 2.45 bits per heavy atom. The lowest BCUT2D eigenvalue weighted by Gasteiger charge is -2.29. The molecule has 176 valence electrons. The molecule has 0 bridgehead atoms. The van der Waals surface area contributed by atoms with E-state index in [4.69, 9.17) is 19.2 Å². The van der Waals surface area contributed by atoms with E-state index in [1.807, 2.05) is 6.07 Å². The van der Waals surface area contributed by atoms with Crippen LogP contribution >= 0.6 is 24.0 Å². The van der Waals surface area contributed by atoms with E-state index in [0.29, 0.717) is 11.8 Å². The molecular weight excluding hydrogens is 507 g/mol. The maximum Gasteiger partial charge on any atom is 0.193 e. The Morgan fingerprint density at radius 1 is 1.16 bits per heavy atom. The molecule has 1 aromatic carbocycles. The van der Waals surface area contributed by atoms with Gasteiger partial charge in [0.1, 0.15) is 11.5 Å². The van der Waals surface area contributed by atoms with Crippen molar-refractivity contribution in [1.82, 2.24) is 15.1 Å². The topological polar surface area (TPSA) is 58.6 Å². The van der Waals surface area contributed by atoms with Crippen LogP contribution in [-0.4, -0.2) is 89.0 Å². The van der Waals surface area contributed by atoms with Gasteiger partial charge in [-0.3, -0.25) is 9.89 Å². The minimum absolute atomic E-state index is 0. The first-order valence-electron chi connectivity index (χ1n) is 11.2.